The lowest BCUT2D eigenvalue weighted by Crippen LogP contribution is -2.11. The molecule has 0 saturated carbocycles. The molecular weight excluding hydrogens is 263 g/mol. The quantitative estimate of drug-likeness (QED) is 0.643. The molecule has 3 N–H and O–H groups in total. The predicted molar refractivity (Wildman–Crippen MR) is 62.3 cm³/mol. The van der Waals surface area contributed by atoms with Gasteiger partial charge in [0, 0.05) is 9.61 Å². The molecule has 1 aromatic carbocycles. The zero-order chi connectivity index (χ0) is 9.14. The molecule has 2 nitrogen and oxygen atoms in total. The lowest BCUT2D eigenvalue weighted by Gasteiger charge is -2.12. The van der Waals surface area contributed by atoms with E-state index in [1.807, 2.05) is 18.2 Å². The van der Waals surface area contributed by atoms with Crippen LogP contribution in [-0.2, 0) is 0 Å². The zero-order valence-electron chi connectivity index (χ0n) is 7.26. The molecule has 3 heteroatoms. The average Bonchev–Trinajstić information content (AvgIpc) is 1.94. The van der Waals surface area contributed by atoms with Gasteiger partial charge in [-0.25, -0.2) is 0 Å². The maximum atomic E-state index is 5.80. The van der Waals surface area contributed by atoms with Crippen LogP contribution < -0.4 is 11.1 Å². The van der Waals surface area contributed by atoms with Crippen molar-refractivity contribution in [1.29, 1.82) is 0 Å². The van der Waals surface area contributed by atoms with Gasteiger partial charge in [0.05, 0.1) is 11.4 Å². The van der Waals surface area contributed by atoms with E-state index in [2.05, 4.69) is 41.8 Å². The normalized spacial score (nSPS) is 10.3. The molecule has 0 bridgehead atoms. The van der Waals surface area contributed by atoms with E-state index < -0.39 is 0 Å². The van der Waals surface area contributed by atoms with Crippen LogP contribution in [0.2, 0.25) is 0 Å². The lowest BCUT2D eigenvalue weighted by atomic mass is 10.2. The Bertz CT molecular complexity index is 271. The van der Waals surface area contributed by atoms with E-state index in [4.69, 9.17) is 5.73 Å². The van der Waals surface area contributed by atoms with Crippen LogP contribution in [0.25, 0.3) is 0 Å². The van der Waals surface area contributed by atoms with E-state index >= 15 is 0 Å². The number of hydrogen-bond acceptors (Lipinski definition) is 2. The third-order valence-electron chi connectivity index (χ3n) is 1.46. The van der Waals surface area contributed by atoms with Gasteiger partial charge in [-0.05, 0) is 54.6 Å². The van der Waals surface area contributed by atoms with Gasteiger partial charge in [-0.2, -0.15) is 0 Å². The smallest absolute Gasteiger partial charge is 0.0576 e. The van der Waals surface area contributed by atoms with Crippen molar-refractivity contribution in [3.05, 3.63) is 21.8 Å². The van der Waals surface area contributed by atoms with Gasteiger partial charge in [0.15, 0.2) is 0 Å². The molecule has 0 amide bonds. The maximum Gasteiger partial charge on any atom is 0.0576 e. The molecule has 0 saturated heterocycles. The first kappa shape index (κ1) is 9.64. The largest absolute Gasteiger partial charge is 0.397 e. The number of benzene rings is 1. The Morgan fingerprint density at radius 2 is 2.08 bits per heavy atom. The van der Waals surface area contributed by atoms with Crippen LogP contribution in [0.4, 0.5) is 11.4 Å². The first-order valence-electron chi connectivity index (χ1n) is 3.91. The summed E-state index contributed by atoms with van der Waals surface area (Å²) in [4.78, 5) is 0. The highest BCUT2D eigenvalue weighted by molar-refractivity contribution is 14.1. The number of nitrogens with one attached hydrogen (secondary N) is 1. The number of hydrogen-bond donors (Lipinski definition) is 2. The molecular formula is C9H13IN2. The van der Waals surface area contributed by atoms with Crippen LogP contribution in [0.5, 0.6) is 0 Å². The number of halogens is 1. The number of nitrogen functional groups attached to an aromatic ring is 1. The molecule has 12 heavy (non-hydrogen) atoms. The summed E-state index contributed by atoms with van der Waals surface area (Å²) in [6.07, 6.45) is 0. The second kappa shape index (κ2) is 3.98. The van der Waals surface area contributed by atoms with Crippen molar-refractivity contribution in [1.82, 2.24) is 0 Å². The molecule has 1 aromatic rings. The van der Waals surface area contributed by atoms with Crippen molar-refractivity contribution in [3.63, 3.8) is 0 Å². The summed E-state index contributed by atoms with van der Waals surface area (Å²) in [7, 11) is 0. The van der Waals surface area contributed by atoms with Crippen LogP contribution in [0, 0.1) is 3.57 Å². The first-order chi connectivity index (χ1) is 5.59. The van der Waals surface area contributed by atoms with Gasteiger partial charge in [-0.1, -0.05) is 0 Å². The summed E-state index contributed by atoms with van der Waals surface area (Å²) < 4.78 is 1.17. The number of nitrogens with two attached hydrogens (primary N) is 1. The van der Waals surface area contributed by atoms with E-state index in [1.54, 1.807) is 0 Å². The average molecular weight is 276 g/mol. The fourth-order valence-electron chi connectivity index (χ4n) is 0.976. The Balaban J connectivity index is 2.86. The molecule has 0 radical (unpaired) electrons. The zero-order valence-corrected chi connectivity index (χ0v) is 9.42. The highest BCUT2D eigenvalue weighted by Gasteiger charge is 1.99. The van der Waals surface area contributed by atoms with Gasteiger partial charge in [0.25, 0.3) is 0 Å². The van der Waals surface area contributed by atoms with Crippen LogP contribution >= 0.6 is 22.6 Å². The Morgan fingerprint density at radius 1 is 1.42 bits per heavy atom. The summed E-state index contributed by atoms with van der Waals surface area (Å²) >= 11 is 2.25. The highest BCUT2D eigenvalue weighted by atomic mass is 127. The SMILES string of the molecule is CC(C)Nc1ccc(I)cc1N. The molecule has 0 aromatic heterocycles. The minimum Gasteiger partial charge on any atom is -0.397 e. The van der Waals surface area contributed by atoms with Crippen molar-refractivity contribution in [3.8, 4) is 0 Å². The standard InChI is InChI=1S/C9H13IN2/c1-6(2)12-9-4-3-7(10)5-8(9)11/h3-6,12H,11H2,1-2H3. The maximum absolute atomic E-state index is 5.80. The second-order valence-corrected chi connectivity index (χ2v) is 4.28. The summed E-state index contributed by atoms with van der Waals surface area (Å²) in [6.45, 7) is 4.19. The van der Waals surface area contributed by atoms with Gasteiger partial charge < -0.3 is 11.1 Å². The van der Waals surface area contributed by atoms with E-state index in [-0.39, 0.29) is 0 Å². The Morgan fingerprint density at radius 3 is 2.58 bits per heavy atom. The molecule has 0 aliphatic heterocycles. The molecule has 0 unspecified atom stereocenters. The van der Waals surface area contributed by atoms with Gasteiger partial charge in [-0.3, -0.25) is 0 Å². The van der Waals surface area contributed by atoms with E-state index in [1.165, 1.54) is 3.57 Å². The topological polar surface area (TPSA) is 38.0 Å². The van der Waals surface area contributed by atoms with Crippen LogP contribution in [-0.4, -0.2) is 6.04 Å². The fraction of sp³-hybridized carbons (Fsp3) is 0.333. The molecule has 0 aliphatic rings. The number of anilines is 2. The van der Waals surface area contributed by atoms with Crippen molar-refractivity contribution in [2.45, 2.75) is 19.9 Å². The van der Waals surface area contributed by atoms with E-state index in [0.29, 0.717) is 6.04 Å². The van der Waals surface area contributed by atoms with Gasteiger partial charge >= 0.3 is 0 Å². The van der Waals surface area contributed by atoms with Crippen molar-refractivity contribution in [2.24, 2.45) is 0 Å². The van der Waals surface area contributed by atoms with Crippen LogP contribution in [0.15, 0.2) is 18.2 Å². The van der Waals surface area contributed by atoms with Crippen LogP contribution in [0.1, 0.15) is 13.8 Å². The van der Waals surface area contributed by atoms with Gasteiger partial charge in [-0.15, -0.1) is 0 Å². The molecule has 0 spiro atoms. The summed E-state index contributed by atoms with van der Waals surface area (Å²) in [5, 5.41) is 3.27. The molecule has 0 heterocycles. The van der Waals surface area contributed by atoms with Crippen molar-refractivity contribution in [2.75, 3.05) is 11.1 Å². The van der Waals surface area contributed by atoms with E-state index in [9.17, 15) is 0 Å². The van der Waals surface area contributed by atoms with Gasteiger partial charge in [0.1, 0.15) is 0 Å². The fourth-order valence-corrected chi connectivity index (χ4v) is 1.49. The van der Waals surface area contributed by atoms with Crippen molar-refractivity contribution >= 4 is 34.0 Å². The lowest BCUT2D eigenvalue weighted by molar-refractivity contribution is 0.900. The summed E-state index contributed by atoms with van der Waals surface area (Å²) in [6, 6.07) is 6.44. The Labute approximate surface area is 86.7 Å². The number of rotatable bonds is 2. The molecule has 1 rings (SSSR count). The Kier molecular flexibility index (Phi) is 3.20. The monoisotopic (exact) mass is 276 g/mol. The molecule has 66 valence electrons. The Hall–Kier alpha value is -0.450. The second-order valence-electron chi connectivity index (χ2n) is 3.03. The minimum absolute atomic E-state index is 0.423. The summed E-state index contributed by atoms with van der Waals surface area (Å²) in [5.41, 5.74) is 7.64. The van der Waals surface area contributed by atoms with E-state index in [0.717, 1.165) is 11.4 Å². The predicted octanol–water partition coefficient (Wildman–Crippen LogP) is 2.69. The molecule has 0 atom stereocenters. The van der Waals surface area contributed by atoms with Gasteiger partial charge in [0.2, 0.25) is 0 Å². The third-order valence-corrected chi connectivity index (χ3v) is 2.13. The molecule has 0 aliphatic carbocycles. The molecule has 0 fully saturated rings. The van der Waals surface area contributed by atoms with Crippen LogP contribution in [0.3, 0.4) is 0 Å². The minimum atomic E-state index is 0.423. The van der Waals surface area contributed by atoms with Crippen molar-refractivity contribution < 1.29 is 0 Å². The third kappa shape index (κ3) is 2.55. The first-order valence-corrected chi connectivity index (χ1v) is 4.99. The highest BCUT2D eigenvalue weighted by Crippen LogP contribution is 2.21. The summed E-state index contributed by atoms with van der Waals surface area (Å²) in [5.74, 6) is 0.